The lowest BCUT2D eigenvalue weighted by atomic mass is 9.77. The van der Waals surface area contributed by atoms with Gasteiger partial charge in [0.2, 0.25) is 0 Å². The number of hydrogen-bond donors (Lipinski definition) is 2. The standard InChI is InChI=1S/C23H30O3S/c24-18(16-17-8-4-3-5-9-17)12-13-20-19(21-14-15-22(20)27-21)10-6-1-2-7-11-23(25)26/h1,3-6,8-9,12-13,18-22,24H,2,7,10-11,14-16H2,(H,25,26)/b6-1-,13-12+/t18?,19-,20+,21-,22+/m0/s1. The third-order valence-corrected chi connectivity index (χ3v) is 7.50. The smallest absolute Gasteiger partial charge is 0.303 e. The van der Waals surface area contributed by atoms with Crippen molar-refractivity contribution in [2.24, 2.45) is 11.8 Å². The van der Waals surface area contributed by atoms with Crippen molar-refractivity contribution >= 4 is 17.7 Å². The summed E-state index contributed by atoms with van der Waals surface area (Å²) in [5.74, 6) is 0.472. The lowest BCUT2D eigenvalue weighted by Gasteiger charge is -2.27. The minimum atomic E-state index is -0.716. The third-order valence-electron chi connectivity index (χ3n) is 5.67. The highest BCUT2D eigenvalue weighted by Crippen LogP contribution is 2.54. The van der Waals surface area contributed by atoms with Crippen molar-refractivity contribution in [3.8, 4) is 0 Å². The second-order valence-electron chi connectivity index (χ2n) is 7.67. The summed E-state index contributed by atoms with van der Waals surface area (Å²) in [4.78, 5) is 10.6. The quantitative estimate of drug-likeness (QED) is 0.445. The molecule has 1 unspecified atom stereocenters. The van der Waals surface area contributed by atoms with E-state index in [0.29, 0.717) is 29.9 Å². The SMILES string of the molecule is O=C(O)CCC/C=C\C[C@H]1[C@@H](/C=C/C(O)Cc2ccccc2)[C@H]2CC[C@@H]1S2. The number of allylic oxidation sites excluding steroid dienone is 3. The summed E-state index contributed by atoms with van der Waals surface area (Å²) in [5, 5.41) is 20.5. The molecule has 146 valence electrons. The van der Waals surface area contributed by atoms with E-state index in [1.54, 1.807) is 0 Å². The molecule has 0 aromatic heterocycles. The average Bonchev–Trinajstić information content (AvgIpc) is 3.25. The van der Waals surface area contributed by atoms with Gasteiger partial charge in [-0.1, -0.05) is 54.6 Å². The number of benzene rings is 1. The highest BCUT2D eigenvalue weighted by molar-refractivity contribution is 8.01. The lowest BCUT2D eigenvalue weighted by molar-refractivity contribution is -0.137. The maximum absolute atomic E-state index is 10.6. The minimum Gasteiger partial charge on any atom is -0.481 e. The maximum atomic E-state index is 10.6. The van der Waals surface area contributed by atoms with Crippen molar-refractivity contribution in [2.45, 2.75) is 61.5 Å². The van der Waals surface area contributed by atoms with E-state index in [1.807, 2.05) is 24.3 Å². The summed E-state index contributed by atoms with van der Waals surface area (Å²) in [6.45, 7) is 0. The van der Waals surface area contributed by atoms with Gasteiger partial charge in [-0.25, -0.2) is 0 Å². The van der Waals surface area contributed by atoms with Crippen molar-refractivity contribution in [3.63, 3.8) is 0 Å². The Labute approximate surface area is 166 Å². The fourth-order valence-corrected chi connectivity index (χ4v) is 6.27. The monoisotopic (exact) mass is 386 g/mol. The Morgan fingerprint density at radius 2 is 1.96 bits per heavy atom. The van der Waals surface area contributed by atoms with Gasteiger partial charge in [0.1, 0.15) is 0 Å². The molecule has 27 heavy (non-hydrogen) atoms. The molecule has 0 radical (unpaired) electrons. The number of carbonyl (C=O) groups is 1. The van der Waals surface area contributed by atoms with Gasteiger partial charge in [0.25, 0.3) is 0 Å². The van der Waals surface area contributed by atoms with Crippen molar-refractivity contribution < 1.29 is 15.0 Å². The summed E-state index contributed by atoms with van der Waals surface area (Å²) in [7, 11) is 0. The van der Waals surface area contributed by atoms with Crippen molar-refractivity contribution in [3.05, 3.63) is 60.2 Å². The van der Waals surface area contributed by atoms with Crippen LogP contribution in [0.3, 0.4) is 0 Å². The highest BCUT2D eigenvalue weighted by Gasteiger charge is 2.46. The Hall–Kier alpha value is -1.52. The molecule has 0 aliphatic carbocycles. The van der Waals surface area contributed by atoms with Crippen LogP contribution >= 0.6 is 11.8 Å². The van der Waals surface area contributed by atoms with Crippen LogP contribution in [0, 0.1) is 11.8 Å². The number of unbranched alkanes of at least 4 members (excludes halogenated alkanes) is 1. The number of thioether (sulfide) groups is 1. The number of hydrogen-bond acceptors (Lipinski definition) is 3. The number of carboxylic acids is 1. The second kappa shape index (κ2) is 10.1. The average molecular weight is 387 g/mol. The molecule has 2 bridgehead atoms. The Morgan fingerprint density at radius 1 is 1.19 bits per heavy atom. The number of aliphatic hydroxyl groups is 1. The van der Waals surface area contributed by atoms with E-state index >= 15 is 0 Å². The molecule has 0 amide bonds. The fourth-order valence-electron chi connectivity index (χ4n) is 4.31. The van der Waals surface area contributed by atoms with Crippen LogP contribution in [-0.2, 0) is 11.2 Å². The molecule has 4 heteroatoms. The number of carboxylic acid groups (broad SMARTS) is 1. The van der Waals surface area contributed by atoms with Gasteiger partial charge in [-0.15, -0.1) is 0 Å². The molecule has 2 saturated heterocycles. The third kappa shape index (κ3) is 5.98. The van der Waals surface area contributed by atoms with Gasteiger partial charge in [0.05, 0.1) is 6.10 Å². The van der Waals surface area contributed by atoms with E-state index in [9.17, 15) is 9.90 Å². The van der Waals surface area contributed by atoms with Gasteiger partial charge in [0.15, 0.2) is 0 Å². The Balaban J connectivity index is 1.50. The van der Waals surface area contributed by atoms with E-state index < -0.39 is 12.1 Å². The van der Waals surface area contributed by atoms with Crippen molar-refractivity contribution in [2.75, 3.05) is 0 Å². The fraction of sp³-hybridized carbons (Fsp3) is 0.522. The largest absolute Gasteiger partial charge is 0.481 e. The molecule has 2 aliphatic heterocycles. The van der Waals surface area contributed by atoms with Crippen LogP contribution < -0.4 is 0 Å². The number of fused-ring (bicyclic) bond motifs is 2. The van der Waals surface area contributed by atoms with Crippen LogP contribution in [0.1, 0.15) is 44.1 Å². The summed E-state index contributed by atoms with van der Waals surface area (Å²) in [6, 6.07) is 10.1. The normalized spacial score (nSPS) is 28.3. The molecule has 3 rings (SSSR count). The lowest BCUT2D eigenvalue weighted by Crippen LogP contribution is -2.25. The molecule has 2 N–H and O–H groups in total. The van der Waals surface area contributed by atoms with Crippen molar-refractivity contribution in [1.29, 1.82) is 0 Å². The van der Waals surface area contributed by atoms with E-state index in [1.165, 1.54) is 12.8 Å². The summed E-state index contributed by atoms with van der Waals surface area (Å²) < 4.78 is 0. The molecule has 1 aromatic rings. The van der Waals surface area contributed by atoms with Crippen LogP contribution in [0.25, 0.3) is 0 Å². The molecule has 2 heterocycles. The molecule has 0 spiro atoms. The predicted octanol–water partition coefficient (Wildman–Crippen LogP) is 4.86. The number of aliphatic hydroxyl groups excluding tert-OH is 1. The summed E-state index contributed by atoms with van der Waals surface area (Å²) >= 11 is 2.13. The van der Waals surface area contributed by atoms with Crippen LogP contribution in [0.5, 0.6) is 0 Å². The molecule has 2 aliphatic rings. The first-order valence-corrected chi connectivity index (χ1v) is 11.0. The summed E-state index contributed by atoms with van der Waals surface area (Å²) in [6.07, 6.45) is 14.4. The Bertz CT molecular complexity index is 655. The summed E-state index contributed by atoms with van der Waals surface area (Å²) in [5.41, 5.74) is 1.16. The van der Waals surface area contributed by atoms with E-state index in [-0.39, 0.29) is 6.42 Å². The number of aliphatic carboxylic acids is 1. The zero-order valence-electron chi connectivity index (χ0n) is 15.7. The first-order valence-electron chi connectivity index (χ1n) is 10.1. The van der Waals surface area contributed by atoms with Gasteiger partial charge < -0.3 is 10.2 Å². The maximum Gasteiger partial charge on any atom is 0.303 e. The van der Waals surface area contributed by atoms with Gasteiger partial charge in [-0.3, -0.25) is 4.79 Å². The molecular formula is C23H30O3S. The zero-order chi connectivity index (χ0) is 19.1. The second-order valence-corrected chi connectivity index (χ2v) is 9.15. The van der Waals surface area contributed by atoms with E-state index in [4.69, 9.17) is 5.11 Å². The van der Waals surface area contributed by atoms with Crippen LogP contribution in [0.4, 0.5) is 0 Å². The molecule has 1 aromatic carbocycles. The highest BCUT2D eigenvalue weighted by atomic mass is 32.2. The van der Waals surface area contributed by atoms with Gasteiger partial charge in [-0.05, 0) is 49.5 Å². The Kier molecular flexibility index (Phi) is 7.59. The van der Waals surface area contributed by atoms with Gasteiger partial charge in [-0.2, -0.15) is 11.8 Å². The molecule has 2 fully saturated rings. The van der Waals surface area contributed by atoms with Crippen molar-refractivity contribution in [1.82, 2.24) is 0 Å². The molecule has 3 nitrogen and oxygen atoms in total. The van der Waals surface area contributed by atoms with Crippen LogP contribution in [0.2, 0.25) is 0 Å². The predicted molar refractivity (Wildman–Crippen MR) is 112 cm³/mol. The van der Waals surface area contributed by atoms with Crippen LogP contribution in [-0.4, -0.2) is 32.8 Å². The van der Waals surface area contributed by atoms with Gasteiger partial charge >= 0.3 is 5.97 Å². The Morgan fingerprint density at radius 3 is 2.74 bits per heavy atom. The molecule has 0 saturated carbocycles. The zero-order valence-corrected chi connectivity index (χ0v) is 16.6. The van der Waals surface area contributed by atoms with Crippen LogP contribution in [0.15, 0.2) is 54.6 Å². The minimum absolute atomic E-state index is 0.249. The first kappa shape index (κ1) is 20.2. The van der Waals surface area contributed by atoms with Gasteiger partial charge in [0, 0.05) is 23.3 Å². The van der Waals surface area contributed by atoms with E-state index in [2.05, 4.69) is 42.1 Å². The van der Waals surface area contributed by atoms with E-state index in [0.717, 1.165) is 23.7 Å². The molecule has 5 atom stereocenters. The topological polar surface area (TPSA) is 57.5 Å². The number of rotatable bonds is 10. The molecular weight excluding hydrogens is 356 g/mol. The first-order chi connectivity index (χ1) is 13.1.